The van der Waals surface area contributed by atoms with Gasteiger partial charge in [0.1, 0.15) is 5.75 Å². The van der Waals surface area contributed by atoms with E-state index in [1.807, 2.05) is 39.0 Å². The average molecular weight is 397 g/mol. The van der Waals surface area contributed by atoms with E-state index in [2.05, 4.69) is 16.2 Å². The maximum atomic E-state index is 12.2. The van der Waals surface area contributed by atoms with Crippen molar-refractivity contribution in [3.8, 4) is 5.75 Å². The molecule has 0 spiro atoms. The molecule has 1 atom stereocenters. The molecule has 0 saturated heterocycles. The molecule has 0 aliphatic carbocycles. The summed E-state index contributed by atoms with van der Waals surface area (Å²) in [5.41, 5.74) is 6.68. The van der Waals surface area contributed by atoms with Crippen LogP contribution in [0.3, 0.4) is 0 Å². The second-order valence-electron chi connectivity index (χ2n) is 7.24. The topological polar surface area (TPSA) is 96.5 Å². The first-order valence-electron chi connectivity index (χ1n) is 9.48. The number of amides is 3. The van der Waals surface area contributed by atoms with Crippen LogP contribution in [0.5, 0.6) is 5.75 Å². The molecule has 7 heteroatoms. The van der Waals surface area contributed by atoms with Crippen LogP contribution in [-0.2, 0) is 9.59 Å². The minimum absolute atomic E-state index is 0.0768. The summed E-state index contributed by atoms with van der Waals surface area (Å²) in [5.74, 6) is -0.180. The van der Waals surface area contributed by atoms with Gasteiger partial charge in [-0.25, -0.2) is 0 Å². The zero-order chi connectivity index (χ0) is 21.4. The third-order valence-corrected chi connectivity index (χ3v) is 4.00. The molecule has 0 saturated carbocycles. The van der Waals surface area contributed by atoms with E-state index in [0.717, 1.165) is 5.56 Å². The van der Waals surface area contributed by atoms with Crippen molar-refractivity contribution in [2.75, 3.05) is 5.32 Å². The lowest BCUT2D eigenvalue weighted by Gasteiger charge is -2.15. The second-order valence-corrected chi connectivity index (χ2v) is 7.24. The van der Waals surface area contributed by atoms with Crippen molar-refractivity contribution in [2.24, 2.45) is 5.92 Å². The summed E-state index contributed by atoms with van der Waals surface area (Å²) in [6.07, 6.45) is -0.354. The van der Waals surface area contributed by atoms with Gasteiger partial charge in [-0.15, -0.1) is 0 Å². The Morgan fingerprint density at radius 3 is 2.28 bits per heavy atom. The van der Waals surface area contributed by atoms with Gasteiger partial charge in [0.2, 0.25) is 5.91 Å². The predicted molar refractivity (Wildman–Crippen MR) is 111 cm³/mol. The van der Waals surface area contributed by atoms with Crippen molar-refractivity contribution in [2.45, 2.75) is 40.2 Å². The van der Waals surface area contributed by atoms with Gasteiger partial charge < -0.3 is 10.1 Å². The van der Waals surface area contributed by atoms with Crippen LogP contribution >= 0.6 is 0 Å². The fourth-order valence-electron chi connectivity index (χ4n) is 2.53. The number of anilines is 1. The molecule has 3 amide bonds. The van der Waals surface area contributed by atoms with Crippen molar-refractivity contribution in [1.29, 1.82) is 0 Å². The number of carbonyl (C=O) groups is 3. The van der Waals surface area contributed by atoms with E-state index in [1.165, 1.54) is 0 Å². The van der Waals surface area contributed by atoms with Crippen molar-refractivity contribution in [3.63, 3.8) is 0 Å². The van der Waals surface area contributed by atoms with E-state index in [0.29, 0.717) is 23.4 Å². The Balaban J connectivity index is 1.83. The highest BCUT2D eigenvalue weighted by molar-refractivity contribution is 5.97. The molecule has 1 unspecified atom stereocenters. The Hall–Kier alpha value is -3.35. The molecule has 154 valence electrons. The number of hydrogen-bond acceptors (Lipinski definition) is 4. The number of rotatable bonds is 7. The first-order chi connectivity index (χ1) is 13.7. The van der Waals surface area contributed by atoms with E-state index in [9.17, 15) is 14.4 Å². The molecule has 0 radical (unpaired) electrons. The number of carbonyl (C=O) groups excluding carboxylic acids is 3. The molecule has 2 aromatic rings. The van der Waals surface area contributed by atoms with Crippen LogP contribution in [0.25, 0.3) is 0 Å². The Kier molecular flexibility index (Phi) is 7.77. The van der Waals surface area contributed by atoms with E-state index < -0.39 is 17.9 Å². The first kappa shape index (κ1) is 21.9. The predicted octanol–water partition coefficient (Wildman–Crippen LogP) is 3.21. The molecular formula is C22H27N3O4. The van der Waals surface area contributed by atoms with Gasteiger partial charge in [-0.3, -0.25) is 25.2 Å². The first-order valence-corrected chi connectivity index (χ1v) is 9.48. The van der Waals surface area contributed by atoms with Crippen LogP contribution in [0.15, 0.2) is 48.5 Å². The monoisotopic (exact) mass is 397 g/mol. The minimum Gasteiger partial charge on any atom is -0.481 e. The third-order valence-electron chi connectivity index (χ3n) is 4.00. The van der Waals surface area contributed by atoms with Gasteiger partial charge in [0.25, 0.3) is 11.8 Å². The Morgan fingerprint density at radius 2 is 1.66 bits per heavy atom. The number of aryl methyl sites for hydroxylation is 1. The summed E-state index contributed by atoms with van der Waals surface area (Å²) >= 11 is 0. The smallest absolute Gasteiger partial charge is 0.279 e. The third kappa shape index (κ3) is 7.29. The lowest BCUT2D eigenvalue weighted by Crippen LogP contribution is -2.47. The Labute approximate surface area is 170 Å². The average Bonchev–Trinajstić information content (AvgIpc) is 2.65. The van der Waals surface area contributed by atoms with Crippen LogP contribution in [0.1, 0.15) is 43.1 Å². The van der Waals surface area contributed by atoms with Gasteiger partial charge in [0, 0.05) is 17.7 Å². The maximum absolute atomic E-state index is 12.2. The standard InChI is InChI=1S/C22H27N3O4/c1-14(2)12-20(26)23-18-10-8-17(9-11-18)22(28)25-24-21(27)16(4)29-19-7-5-6-15(3)13-19/h5-11,13-14,16H,12H2,1-4H3,(H,23,26)(H,24,27)(H,25,28). The van der Waals surface area contributed by atoms with Crippen molar-refractivity contribution in [1.82, 2.24) is 10.9 Å². The van der Waals surface area contributed by atoms with Gasteiger partial charge in [-0.05, 0) is 61.7 Å². The summed E-state index contributed by atoms with van der Waals surface area (Å²) in [4.78, 5) is 36.1. The molecule has 0 aliphatic heterocycles. The number of benzene rings is 2. The molecule has 0 aliphatic rings. The maximum Gasteiger partial charge on any atom is 0.279 e. The van der Waals surface area contributed by atoms with Crippen LogP contribution in [-0.4, -0.2) is 23.8 Å². The van der Waals surface area contributed by atoms with Crippen molar-refractivity contribution < 1.29 is 19.1 Å². The van der Waals surface area contributed by atoms with E-state index in [4.69, 9.17) is 4.74 Å². The molecular weight excluding hydrogens is 370 g/mol. The molecule has 7 nitrogen and oxygen atoms in total. The van der Waals surface area contributed by atoms with E-state index >= 15 is 0 Å². The molecule has 29 heavy (non-hydrogen) atoms. The fourth-order valence-corrected chi connectivity index (χ4v) is 2.53. The molecule has 0 aromatic heterocycles. The summed E-state index contributed by atoms with van der Waals surface area (Å²) in [6, 6.07) is 13.8. The van der Waals surface area contributed by atoms with Crippen molar-refractivity contribution >= 4 is 23.4 Å². The normalized spacial score (nSPS) is 11.5. The van der Waals surface area contributed by atoms with Crippen molar-refractivity contribution in [3.05, 3.63) is 59.7 Å². The van der Waals surface area contributed by atoms with Crippen LogP contribution < -0.4 is 20.9 Å². The van der Waals surface area contributed by atoms with E-state index in [1.54, 1.807) is 37.3 Å². The number of hydrazine groups is 1. The van der Waals surface area contributed by atoms with E-state index in [-0.39, 0.29) is 11.8 Å². The summed E-state index contributed by atoms with van der Waals surface area (Å²) in [5, 5.41) is 2.77. The highest BCUT2D eigenvalue weighted by Crippen LogP contribution is 2.14. The zero-order valence-electron chi connectivity index (χ0n) is 17.1. The Morgan fingerprint density at radius 1 is 0.966 bits per heavy atom. The molecule has 0 heterocycles. The summed E-state index contributed by atoms with van der Waals surface area (Å²) in [6.45, 7) is 7.46. The Bertz CT molecular complexity index is 863. The zero-order valence-corrected chi connectivity index (χ0v) is 17.1. The minimum atomic E-state index is -0.782. The number of nitrogens with one attached hydrogen (secondary N) is 3. The highest BCUT2D eigenvalue weighted by Gasteiger charge is 2.16. The molecule has 0 bridgehead atoms. The van der Waals surface area contributed by atoms with Crippen LogP contribution in [0.2, 0.25) is 0 Å². The van der Waals surface area contributed by atoms with Gasteiger partial charge in [0.15, 0.2) is 6.10 Å². The SMILES string of the molecule is Cc1cccc(OC(C)C(=O)NNC(=O)c2ccc(NC(=O)CC(C)C)cc2)c1. The van der Waals surface area contributed by atoms with Gasteiger partial charge >= 0.3 is 0 Å². The van der Waals surface area contributed by atoms with Crippen LogP contribution in [0, 0.1) is 12.8 Å². The lowest BCUT2D eigenvalue weighted by molar-refractivity contribution is -0.128. The second kappa shape index (κ2) is 10.3. The summed E-state index contributed by atoms with van der Waals surface area (Å²) < 4.78 is 5.57. The highest BCUT2D eigenvalue weighted by atomic mass is 16.5. The summed E-state index contributed by atoms with van der Waals surface area (Å²) in [7, 11) is 0. The van der Waals surface area contributed by atoms with Gasteiger partial charge in [-0.1, -0.05) is 26.0 Å². The fraction of sp³-hybridized carbons (Fsp3) is 0.318. The lowest BCUT2D eigenvalue weighted by atomic mass is 10.1. The number of hydrogen-bond donors (Lipinski definition) is 3. The number of ether oxygens (including phenoxy) is 1. The molecule has 3 N–H and O–H groups in total. The molecule has 2 aromatic carbocycles. The molecule has 0 fully saturated rings. The largest absolute Gasteiger partial charge is 0.481 e. The quantitative estimate of drug-likeness (QED) is 0.625. The van der Waals surface area contributed by atoms with Gasteiger partial charge in [-0.2, -0.15) is 0 Å². The van der Waals surface area contributed by atoms with Gasteiger partial charge in [0.05, 0.1) is 0 Å². The van der Waals surface area contributed by atoms with Crippen LogP contribution in [0.4, 0.5) is 5.69 Å². The molecule has 2 rings (SSSR count).